The van der Waals surface area contributed by atoms with E-state index in [-0.39, 0.29) is 25.2 Å². The van der Waals surface area contributed by atoms with Gasteiger partial charge in [0.25, 0.3) is 0 Å². The number of hydroxylamine groups is 1. The molecule has 172 valence electrons. The van der Waals surface area contributed by atoms with E-state index in [9.17, 15) is 19.9 Å². The Balaban J connectivity index is 1.40. The molecular formula is C22H32N3O6-. The van der Waals surface area contributed by atoms with Crippen molar-refractivity contribution in [3.05, 3.63) is 29.0 Å². The van der Waals surface area contributed by atoms with Gasteiger partial charge < -0.3 is 35.1 Å². The molecule has 0 aliphatic carbocycles. The Morgan fingerprint density at radius 1 is 1.26 bits per heavy atom. The third kappa shape index (κ3) is 6.56. The van der Waals surface area contributed by atoms with E-state index < -0.39 is 12.0 Å². The maximum atomic E-state index is 12.0. The Kier molecular flexibility index (Phi) is 8.11. The maximum absolute atomic E-state index is 12.0. The topological polar surface area (TPSA) is 114 Å². The van der Waals surface area contributed by atoms with Gasteiger partial charge in [0.05, 0.1) is 6.61 Å². The number of likely N-dealkylation sites (tertiary alicyclic amines) is 1. The predicted octanol–water partition coefficient (Wildman–Crippen LogP) is 2.05. The van der Waals surface area contributed by atoms with Crippen molar-refractivity contribution in [2.45, 2.75) is 51.7 Å². The predicted molar refractivity (Wildman–Crippen MR) is 116 cm³/mol. The van der Waals surface area contributed by atoms with Gasteiger partial charge in [-0.25, -0.2) is 4.79 Å². The molecule has 0 aromatic heterocycles. The number of piperidine rings is 1. The molecular weight excluding hydrogens is 402 g/mol. The number of ether oxygens (including phenoxy) is 2. The number of benzene rings is 1. The lowest BCUT2D eigenvalue weighted by atomic mass is 10.0. The fourth-order valence-corrected chi connectivity index (χ4v) is 3.85. The number of hydrogen-bond donors (Lipinski definition) is 2. The molecule has 2 heterocycles. The van der Waals surface area contributed by atoms with Gasteiger partial charge in [-0.1, -0.05) is 19.9 Å². The lowest BCUT2D eigenvalue weighted by molar-refractivity contribution is -0.118. The molecule has 1 unspecified atom stereocenters. The van der Waals surface area contributed by atoms with Gasteiger partial charge in [-0.3, -0.25) is 4.79 Å². The summed E-state index contributed by atoms with van der Waals surface area (Å²) in [6, 6.07) is 5.12. The van der Waals surface area contributed by atoms with Crippen molar-refractivity contribution in [2.75, 3.05) is 37.9 Å². The summed E-state index contributed by atoms with van der Waals surface area (Å²) >= 11 is 0. The largest absolute Gasteiger partial charge is 0.752 e. The van der Waals surface area contributed by atoms with Crippen molar-refractivity contribution in [3.63, 3.8) is 0 Å². The Morgan fingerprint density at radius 3 is 2.71 bits per heavy atom. The van der Waals surface area contributed by atoms with Crippen molar-refractivity contribution >= 4 is 17.7 Å². The highest BCUT2D eigenvalue weighted by molar-refractivity contribution is 5.97. The molecule has 3 rings (SSSR count). The van der Waals surface area contributed by atoms with Crippen molar-refractivity contribution in [2.24, 2.45) is 5.92 Å². The van der Waals surface area contributed by atoms with Crippen LogP contribution in [0.1, 0.15) is 38.7 Å². The number of aliphatic hydroxyl groups excluding tert-OH is 1. The van der Waals surface area contributed by atoms with Crippen LogP contribution in [0.25, 0.3) is 0 Å². The average Bonchev–Trinajstić information content (AvgIpc) is 2.75. The smallest absolute Gasteiger partial charge is 0.407 e. The van der Waals surface area contributed by atoms with Crippen molar-refractivity contribution in [1.82, 2.24) is 10.2 Å². The highest BCUT2D eigenvalue weighted by atomic mass is 16.5. The fourth-order valence-electron chi connectivity index (χ4n) is 3.85. The van der Waals surface area contributed by atoms with E-state index in [4.69, 9.17) is 9.47 Å². The van der Waals surface area contributed by atoms with Crippen LogP contribution in [0.4, 0.5) is 10.5 Å². The SMILES string of the molecule is CC(C)COC(=O)NC1CCN(CC(O)COc2cccc3c2CCC(=O)N3[O-])CC1. The number of hydrogen-bond acceptors (Lipinski definition) is 7. The summed E-state index contributed by atoms with van der Waals surface area (Å²) in [4.78, 5) is 25.5. The summed E-state index contributed by atoms with van der Waals surface area (Å²) < 4.78 is 10.9. The molecule has 31 heavy (non-hydrogen) atoms. The number of nitrogens with one attached hydrogen (secondary N) is 1. The second-order valence-corrected chi connectivity index (χ2v) is 8.62. The number of carbonyl (C=O) groups is 2. The van der Waals surface area contributed by atoms with Gasteiger partial charge in [-0.2, -0.15) is 0 Å². The number of β-amino-alcohol motifs (C(OH)–C–C–N with tert-alkyl or cyclic N) is 1. The number of aliphatic hydroxyl groups is 1. The van der Waals surface area contributed by atoms with Crippen molar-refractivity contribution < 1.29 is 24.2 Å². The molecule has 0 saturated carbocycles. The summed E-state index contributed by atoms with van der Waals surface area (Å²) in [5, 5.41) is 25.7. The molecule has 1 aromatic carbocycles. The Bertz CT molecular complexity index is 764. The minimum absolute atomic E-state index is 0.0814. The van der Waals surface area contributed by atoms with Gasteiger partial charge in [0, 0.05) is 43.3 Å². The minimum Gasteiger partial charge on any atom is -0.752 e. The monoisotopic (exact) mass is 434 g/mol. The lowest BCUT2D eigenvalue weighted by Gasteiger charge is -2.35. The number of amides is 2. The van der Waals surface area contributed by atoms with Crippen LogP contribution < -0.4 is 15.1 Å². The fraction of sp³-hybridized carbons (Fsp3) is 0.636. The van der Waals surface area contributed by atoms with Gasteiger partial charge in [0.2, 0.25) is 5.91 Å². The summed E-state index contributed by atoms with van der Waals surface area (Å²) in [5.41, 5.74) is 1.03. The molecule has 2 aliphatic heterocycles. The maximum Gasteiger partial charge on any atom is 0.407 e. The third-order valence-electron chi connectivity index (χ3n) is 5.50. The molecule has 1 fully saturated rings. The standard InChI is InChI=1S/C22H32N3O6/c1-15(2)13-31-22(28)23-16-8-10-24(11-9-16)12-17(26)14-30-20-5-3-4-19-18(20)6-7-21(27)25(19)29/h3-5,15-17,26H,6-14H2,1-2H3,(H,23,28)/q-1. The summed E-state index contributed by atoms with van der Waals surface area (Å²) in [7, 11) is 0. The Hall–Kier alpha value is -2.36. The van der Waals surface area contributed by atoms with Gasteiger partial charge in [0.15, 0.2) is 0 Å². The number of rotatable bonds is 8. The first-order chi connectivity index (χ1) is 14.8. The van der Waals surface area contributed by atoms with Crippen LogP contribution in [0.3, 0.4) is 0 Å². The van der Waals surface area contributed by atoms with Crippen LogP contribution in [-0.2, 0) is 16.0 Å². The molecule has 2 aliphatic rings. The summed E-state index contributed by atoms with van der Waals surface area (Å²) in [6.45, 7) is 6.49. The normalized spacial score (nSPS) is 18.6. The number of carbonyl (C=O) groups excluding carboxylic acids is 2. The number of alkyl carbamates (subject to hydrolysis) is 1. The third-order valence-corrected chi connectivity index (χ3v) is 5.50. The molecule has 9 heteroatoms. The molecule has 1 aromatic rings. The average molecular weight is 435 g/mol. The second kappa shape index (κ2) is 10.8. The first-order valence-electron chi connectivity index (χ1n) is 10.9. The van der Waals surface area contributed by atoms with E-state index in [1.54, 1.807) is 18.2 Å². The number of nitrogens with zero attached hydrogens (tertiary/aromatic N) is 2. The minimum atomic E-state index is -0.690. The van der Waals surface area contributed by atoms with E-state index in [2.05, 4.69) is 10.2 Å². The van der Waals surface area contributed by atoms with Gasteiger partial charge in [-0.05, 0) is 37.3 Å². The molecule has 0 bridgehead atoms. The first kappa shape index (κ1) is 23.3. The van der Waals surface area contributed by atoms with Crippen LogP contribution in [0.5, 0.6) is 5.75 Å². The molecule has 2 amide bonds. The van der Waals surface area contributed by atoms with Crippen molar-refractivity contribution in [1.29, 1.82) is 0 Å². The molecule has 1 saturated heterocycles. The summed E-state index contributed by atoms with van der Waals surface area (Å²) in [5.74, 6) is 0.392. The van der Waals surface area contributed by atoms with Gasteiger partial charge in [0.1, 0.15) is 18.5 Å². The summed E-state index contributed by atoms with van der Waals surface area (Å²) in [6.07, 6.45) is 1.15. The van der Waals surface area contributed by atoms with E-state index >= 15 is 0 Å². The van der Waals surface area contributed by atoms with E-state index in [1.807, 2.05) is 13.8 Å². The van der Waals surface area contributed by atoms with Gasteiger partial charge in [-0.15, -0.1) is 0 Å². The van der Waals surface area contributed by atoms with Crippen LogP contribution in [-0.4, -0.2) is 67.0 Å². The molecule has 0 radical (unpaired) electrons. The Morgan fingerprint density at radius 2 is 2.00 bits per heavy atom. The van der Waals surface area contributed by atoms with E-state index in [0.29, 0.717) is 47.6 Å². The van der Waals surface area contributed by atoms with E-state index in [1.165, 1.54) is 0 Å². The molecule has 9 nitrogen and oxygen atoms in total. The molecule has 0 spiro atoms. The second-order valence-electron chi connectivity index (χ2n) is 8.62. The zero-order valence-corrected chi connectivity index (χ0v) is 18.2. The van der Waals surface area contributed by atoms with Crippen LogP contribution in [0.15, 0.2) is 18.2 Å². The van der Waals surface area contributed by atoms with Crippen LogP contribution in [0, 0.1) is 11.1 Å². The highest BCUT2D eigenvalue weighted by Crippen LogP contribution is 2.34. The van der Waals surface area contributed by atoms with Gasteiger partial charge >= 0.3 is 6.09 Å². The first-order valence-corrected chi connectivity index (χ1v) is 10.9. The Labute approximate surface area is 182 Å². The molecule has 2 N–H and O–H groups in total. The zero-order chi connectivity index (χ0) is 22.4. The lowest BCUT2D eigenvalue weighted by Crippen LogP contribution is -2.47. The molecule has 1 atom stereocenters. The highest BCUT2D eigenvalue weighted by Gasteiger charge is 2.24. The number of anilines is 1. The quantitative estimate of drug-likeness (QED) is 0.643. The van der Waals surface area contributed by atoms with Crippen LogP contribution >= 0.6 is 0 Å². The van der Waals surface area contributed by atoms with Crippen LogP contribution in [0.2, 0.25) is 0 Å². The van der Waals surface area contributed by atoms with Crippen molar-refractivity contribution in [3.8, 4) is 5.75 Å². The van der Waals surface area contributed by atoms with E-state index in [0.717, 1.165) is 25.9 Å². The number of fused-ring (bicyclic) bond motifs is 1. The zero-order valence-electron chi connectivity index (χ0n) is 18.2.